The molecule has 0 radical (unpaired) electrons. The Hall–Kier alpha value is -2.47. The van der Waals surface area contributed by atoms with Crippen LogP contribution >= 0.6 is 11.6 Å². The number of amides is 2. The zero-order valence-corrected chi connectivity index (χ0v) is 16.0. The van der Waals surface area contributed by atoms with E-state index in [1.165, 1.54) is 0 Å². The predicted molar refractivity (Wildman–Crippen MR) is 107 cm³/mol. The summed E-state index contributed by atoms with van der Waals surface area (Å²) in [5, 5.41) is 3.64. The monoisotopic (exact) mass is 386 g/mol. The normalized spacial score (nSPS) is 21.3. The second kappa shape index (κ2) is 7.64. The van der Waals surface area contributed by atoms with Crippen molar-refractivity contribution in [1.29, 1.82) is 0 Å². The number of benzene rings is 1. The number of ether oxygens (including phenoxy) is 1. The van der Waals surface area contributed by atoms with Crippen molar-refractivity contribution >= 4 is 29.1 Å². The van der Waals surface area contributed by atoms with Gasteiger partial charge in [0, 0.05) is 44.2 Å². The second-order valence-corrected chi connectivity index (χ2v) is 7.46. The highest BCUT2D eigenvalue weighted by Gasteiger charge is 2.42. The summed E-state index contributed by atoms with van der Waals surface area (Å²) < 4.78 is 5.59. The smallest absolute Gasteiger partial charge is 0.321 e. The molecule has 2 unspecified atom stereocenters. The third-order valence-electron chi connectivity index (χ3n) is 5.24. The van der Waals surface area contributed by atoms with Crippen LogP contribution in [0.1, 0.15) is 6.92 Å². The summed E-state index contributed by atoms with van der Waals surface area (Å²) in [6.07, 6.45) is 1.68. The van der Waals surface area contributed by atoms with E-state index in [-0.39, 0.29) is 6.03 Å². The van der Waals surface area contributed by atoms with Crippen molar-refractivity contribution in [2.45, 2.75) is 6.92 Å². The molecular weight excluding hydrogens is 364 g/mol. The van der Waals surface area contributed by atoms with Gasteiger partial charge in [0.05, 0.1) is 17.3 Å². The van der Waals surface area contributed by atoms with Crippen LogP contribution in [0.5, 0.6) is 5.75 Å². The van der Waals surface area contributed by atoms with Gasteiger partial charge in [-0.25, -0.2) is 9.78 Å². The summed E-state index contributed by atoms with van der Waals surface area (Å²) in [5.74, 6) is 2.59. The van der Waals surface area contributed by atoms with Crippen LogP contribution in [-0.2, 0) is 0 Å². The van der Waals surface area contributed by atoms with Gasteiger partial charge in [0.2, 0.25) is 0 Å². The molecule has 2 atom stereocenters. The van der Waals surface area contributed by atoms with E-state index in [0.29, 0.717) is 34.9 Å². The minimum Gasteiger partial charge on any atom is -0.492 e. The first kappa shape index (κ1) is 17.9. The molecule has 0 aliphatic carbocycles. The summed E-state index contributed by atoms with van der Waals surface area (Å²) in [6, 6.07) is 11.3. The molecule has 3 heterocycles. The highest BCUT2D eigenvalue weighted by Crippen LogP contribution is 2.34. The highest BCUT2D eigenvalue weighted by molar-refractivity contribution is 6.30. The molecule has 4 rings (SSSR count). The van der Waals surface area contributed by atoms with E-state index in [4.69, 9.17) is 16.3 Å². The Labute approximate surface area is 164 Å². The fraction of sp³-hybridized carbons (Fsp3) is 0.400. The maximum absolute atomic E-state index is 12.7. The van der Waals surface area contributed by atoms with E-state index in [0.717, 1.165) is 32.0 Å². The first-order chi connectivity index (χ1) is 13.1. The van der Waals surface area contributed by atoms with E-state index >= 15 is 0 Å². The molecule has 0 saturated carbocycles. The number of para-hydroxylation sites is 2. The number of urea groups is 1. The Morgan fingerprint density at radius 1 is 1.19 bits per heavy atom. The number of halogens is 1. The number of carbonyl (C=O) groups excluding carboxylic acids is 1. The number of aromatic nitrogens is 1. The van der Waals surface area contributed by atoms with Crippen LogP contribution in [0.2, 0.25) is 5.02 Å². The first-order valence-electron chi connectivity index (χ1n) is 9.28. The standard InChI is InChI=1S/C20H23ClN4O2/c1-2-27-18-6-4-3-5-17(18)23-20(26)25-12-14-10-24(11-15(14)13-25)19-8-7-16(21)9-22-19/h3-9,14-15H,2,10-13H2,1H3,(H,23,26). The minimum absolute atomic E-state index is 0.0623. The molecule has 0 bridgehead atoms. The number of hydrogen-bond acceptors (Lipinski definition) is 4. The van der Waals surface area contributed by atoms with Crippen LogP contribution in [0.25, 0.3) is 0 Å². The number of anilines is 2. The number of nitrogens with zero attached hydrogens (tertiary/aromatic N) is 3. The van der Waals surface area contributed by atoms with Crippen molar-refractivity contribution in [2.24, 2.45) is 11.8 Å². The SMILES string of the molecule is CCOc1ccccc1NC(=O)N1CC2CN(c3ccc(Cl)cn3)CC2C1. The van der Waals surface area contributed by atoms with Crippen LogP contribution in [-0.4, -0.2) is 48.7 Å². The van der Waals surface area contributed by atoms with E-state index in [2.05, 4.69) is 15.2 Å². The van der Waals surface area contributed by atoms with E-state index in [1.807, 2.05) is 48.2 Å². The van der Waals surface area contributed by atoms with Crippen LogP contribution in [0, 0.1) is 11.8 Å². The van der Waals surface area contributed by atoms with Crippen LogP contribution < -0.4 is 15.0 Å². The van der Waals surface area contributed by atoms with Gasteiger partial charge >= 0.3 is 6.03 Å². The van der Waals surface area contributed by atoms with E-state index < -0.39 is 0 Å². The zero-order chi connectivity index (χ0) is 18.8. The molecule has 1 aromatic carbocycles. The van der Waals surface area contributed by atoms with Gasteiger partial charge in [-0.05, 0) is 31.2 Å². The predicted octanol–water partition coefficient (Wildman–Crippen LogP) is 3.73. The van der Waals surface area contributed by atoms with Crippen molar-refractivity contribution in [1.82, 2.24) is 9.88 Å². The van der Waals surface area contributed by atoms with Crippen molar-refractivity contribution in [3.63, 3.8) is 0 Å². The maximum Gasteiger partial charge on any atom is 0.321 e. The first-order valence-corrected chi connectivity index (χ1v) is 9.66. The molecule has 6 nitrogen and oxygen atoms in total. The number of nitrogens with one attached hydrogen (secondary N) is 1. The Morgan fingerprint density at radius 3 is 2.59 bits per heavy atom. The lowest BCUT2D eigenvalue weighted by molar-refractivity contribution is 0.219. The van der Waals surface area contributed by atoms with Gasteiger partial charge in [-0.15, -0.1) is 0 Å². The fourth-order valence-electron chi connectivity index (χ4n) is 3.95. The lowest BCUT2D eigenvalue weighted by Crippen LogP contribution is -2.36. The quantitative estimate of drug-likeness (QED) is 0.869. The third-order valence-corrected chi connectivity index (χ3v) is 5.46. The Balaban J connectivity index is 1.36. The number of hydrogen-bond donors (Lipinski definition) is 1. The molecule has 27 heavy (non-hydrogen) atoms. The van der Waals surface area contributed by atoms with Gasteiger partial charge in [0.25, 0.3) is 0 Å². The molecule has 0 spiro atoms. The number of fused-ring (bicyclic) bond motifs is 1. The molecule has 1 N–H and O–H groups in total. The van der Waals surface area contributed by atoms with Gasteiger partial charge in [-0.3, -0.25) is 0 Å². The highest BCUT2D eigenvalue weighted by atomic mass is 35.5. The van der Waals surface area contributed by atoms with Gasteiger partial charge in [0.15, 0.2) is 0 Å². The summed E-state index contributed by atoms with van der Waals surface area (Å²) in [5.41, 5.74) is 0.716. The molecule has 2 aromatic rings. The number of likely N-dealkylation sites (tertiary alicyclic amines) is 1. The maximum atomic E-state index is 12.7. The van der Waals surface area contributed by atoms with Gasteiger partial charge in [0.1, 0.15) is 11.6 Å². The lowest BCUT2D eigenvalue weighted by atomic mass is 10.0. The summed E-state index contributed by atoms with van der Waals surface area (Å²) in [4.78, 5) is 21.3. The zero-order valence-electron chi connectivity index (χ0n) is 15.3. The molecule has 142 valence electrons. The molecular formula is C20H23ClN4O2. The average Bonchev–Trinajstić information content (AvgIpc) is 3.23. The second-order valence-electron chi connectivity index (χ2n) is 7.02. The van der Waals surface area contributed by atoms with Gasteiger partial charge < -0.3 is 19.9 Å². The molecule has 1 aromatic heterocycles. The third kappa shape index (κ3) is 3.81. The molecule has 2 amide bonds. The molecule has 7 heteroatoms. The number of pyridine rings is 1. The largest absolute Gasteiger partial charge is 0.492 e. The molecule has 2 aliphatic rings. The Morgan fingerprint density at radius 2 is 1.93 bits per heavy atom. The Kier molecular flexibility index (Phi) is 5.07. The van der Waals surface area contributed by atoms with E-state index in [1.54, 1.807) is 6.20 Å². The minimum atomic E-state index is -0.0623. The fourth-order valence-corrected chi connectivity index (χ4v) is 4.06. The van der Waals surface area contributed by atoms with Crippen molar-refractivity contribution < 1.29 is 9.53 Å². The van der Waals surface area contributed by atoms with Crippen LogP contribution in [0.3, 0.4) is 0 Å². The average molecular weight is 387 g/mol. The van der Waals surface area contributed by atoms with Crippen LogP contribution in [0.4, 0.5) is 16.3 Å². The summed E-state index contributed by atoms with van der Waals surface area (Å²) >= 11 is 5.92. The van der Waals surface area contributed by atoms with E-state index in [9.17, 15) is 4.79 Å². The van der Waals surface area contributed by atoms with Crippen molar-refractivity contribution in [2.75, 3.05) is 43.0 Å². The van der Waals surface area contributed by atoms with Gasteiger partial charge in [-0.2, -0.15) is 0 Å². The molecule has 2 saturated heterocycles. The molecule has 2 fully saturated rings. The van der Waals surface area contributed by atoms with Crippen molar-refractivity contribution in [3.05, 3.63) is 47.6 Å². The summed E-state index contributed by atoms with van der Waals surface area (Å²) in [6.45, 7) is 5.85. The lowest BCUT2D eigenvalue weighted by Gasteiger charge is -2.23. The van der Waals surface area contributed by atoms with Gasteiger partial charge in [-0.1, -0.05) is 23.7 Å². The Bertz CT molecular complexity index is 800. The summed E-state index contributed by atoms with van der Waals surface area (Å²) in [7, 11) is 0. The molecule has 2 aliphatic heterocycles. The number of carbonyl (C=O) groups is 1. The van der Waals surface area contributed by atoms with Crippen molar-refractivity contribution in [3.8, 4) is 5.75 Å². The topological polar surface area (TPSA) is 57.7 Å². The number of rotatable bonds is 4. The van der Waals surface area contributed by atoms with Crippen LogP contribution in [0.15, 0.2) is 42.6 Å².